The van der Waals surface area contributed by atoms with E-state index in [0.717, 1.165) is 46.4 Å². The number of hydrogen-bond donors (Lipinski definition) is 0. The lowest BCUT2D eigenvalue weighted by molar-refractivity contribution is -0.00525. The molecule has 0 saturated heterocycles. The quantitative estimate of drug-likeness (QED) is 0.160. The maximum Gasteiger partial charge on any atom is 0.357 e. The summed E-state index contributed by atoms with van der Waals surface area (Å²) in [6.07, 6.45) is 16.9. The van der Waals surface area contributed by atoms with Gasteiger partial charge in [-0.15, -0.1) is 0 Å². The molecule has 0 N–H and O–H groups in total. The minimum atomic E-state index is -0.176. The highest BCUT2D eigenvalue weighted by atomic mass is 16.1. The van der Waals surface area contributed by atoms with Gasteiger partial charge in [0.1, 0.15) is 0 Å². The topological polar surface area (TPSA) is 31.9 Å². The van der Waals surface area contributed by atoms with Crippen molar-refractivity contribution >= 4 is 50.5 Å². The summed E-state index contributed by atoms with van der Waals surface area (Å²) >= 11 is 0. The molecule has 10 bridgehead atoms. The van der Waals surface area contributed by atoms with Gasteiger partial charge in [0.15, 0.2) is 0 Å². The lowest BCUT2D eigenvalue weighted by Crippen LogP contribution is -2.54. The molecule has 0 amide bonds. The number of benzene rings is 6. The zero-order valence-corrected chi connectivity index (χ0v) is 36.3. The second-order valence-corrected chi connectivity index (χ2v) is 23.6. The minimum Gasteiger partial charge on any atom is -0.310 e. The molecule has 0 radical (unpaired) electrons. The van der Waals surface area contributed by atoms with Crippen LogP contribution in [0.3, 0.4) is 0 Å². The zero-order valence-electron chi connectivity index (χ0n) is 36.3. The molecule has 0 unspecified atom stereocenters. The third-order valence-electron chi connectivity index (χ3n) is 20.5. The Morgan fingerprint density at radius 3 is 1.56 bits per heavy atom. The Morgan fingerprint density at radius 1 is 0.469 bits per heavy atom. The van der Waals surface area contributed by atoms with Gasteiger partial charge in [-0.25, -0.2) is 0 Å². The summed E-state index contributed by atoms with van der Waals surface area (Å²) in [7, 11) is 0. The monoisotopic (exact) mass is 827 g/mol. The van der Waals surface area contributed by atoms with E-state index in [0.29, 0.717) is 5.41 Å². The number of hydrogen-bond acceptors (Lipinski definition) is 1. The second kappa shape index (κ2) is 10.9. The number of aromatic nitrogens is 3. The summed E-state index contributed by atoms with van der Waals surface area (Å²) in [5.41, 5.74) is 21.0. The van der Waals surface area contributed by atoms with Crippen LogP contribution >= 0.6 is 0 Å². The van der Waals surface area contributed by atoms with Gasteiger partial charge in [0, 0.05) is 33.8 Å². The molecule has 0 spiro atoms. The van der Waals surface area contributed by atoms with Gasteiger partial charge in [0.25, 0.3) is 5.56 Å². The van der Waals surface area contributed by atoms with Crippen LogP contribution in [0.2, 0.25) is 0 Å². The molecular weight excluding hydrogens is 777 g/mol. The Labute approximate surface area is 373 Å². The van der Waals surface area contributed by atoms with E-state index in [1.165, 1.54) is 155 Å². The first-order chi connectivity index (χ1) is 31.5. The van der Waals surface area contributed by atoms with Crippen LogP contribution in [0.1, 0.15) is 133 Å². The third-order valence-corrected chi connectivity index (χ3v) is 20.5. The van der Waals surface area contributed by atoms with Crippen LogP contribution in [0.4, 0.5) is 0 Å². The second-order valence-electron chi connectivity index (χ2n) is 23.6. The highest BCUT2D eigenvalue weighted by molar-refractivity contribution is 6.88. The molecule has 4 nitrogen and oxygen atoms in total. The van der Waals surface area contributed by atoms with E-state index in [4.69, 9.17) is 0 Å². The molecule has 2 aliphatic heterocycles. The lowest BCUT2D eigenvalue weighted by atomic mass is 9.46. The summed E-state index contributed by atoms with van der Waals surface area (Å²) < 4.78 is 7.25. The first-order valence-electron chi connectivity index (χ1n) is 25.2. The van der Waals surface area contributed by atoms with Crippen molar-refractivity contribution in [1.82, 2.24) is 13.8 Å². The SMILES string of the molecule is O=c1c2cc3c(cc2n2n1B1c4cc(C56CC7CC(CC(C7)C5)C6)ccc4-n4c5ccc(C67CC8CC(CC(C8)C6)C7)cc5c5ccc-2c1c54)C1c2ccccc2C3c2ccccc21. The molecule has 2 aromatic heterocycles. The van der Waals surface area contributed by atoms with E-state index in [9.17, 15) is 0 Å². The highest BCUT2D eigenvalue weighted by Crippen LogP contribution is 2.63. The van der Waals surface area contributed by atoms with Gasteiger partial charge in [-0.3, -0.25) is 14.1 Å². The van der Waals surface area contributed by atoms with Gasteiger partial charge < -0.3 is 4.57 Å². The lowest BCUT2D eigenvalue weighted by Gasteiger charge is -2.57. The van der Waals surface area contributed by atoms with Gasteiger partial charge in [0.05, 0.1) is 27.6 Å². The Balaban J connectivity index is 0.903. The van der Waals surface area contributed by atoms with Gasteiger partial charge in [-0.05, 0) is 210 Å². The average molecular weight is 828 g/mol. The predicted octanol–water partition coefficient (Wildman–Crippen LogP) is 11.1. The fourth-order valence-electron chi connectivity index (χ4n) is 19.2. The highest BCUT2D eigenvalue weighted by Gasteiger charge is 2.54. The number of nitrogens with zero attached hydrogens (tertiary/aromatic N) is 3. The molecule has 6 aromatic carbocycles. The van der Waals surface area contributed by atoms with Crippen LogP contribution in [0.15, 0.2) is 114 Å². The third kappa shape index (κ3) is 3.81. The molecule has 5 heteroatoms. The average Bonchev–Trinajstić information content (AvgIpc) is 3.92. The molecule has 8 aromatic rings. The smallest absolute Gasteiger partial charge is 0.310 e. The van der Waals surface area contributed by atoms with Crippen LogP contribution in [0, 0.1) is 35.5 Å². The fourth-order valence-corrected chi connectivity index (χ4v) is 19.2. The zero-order chi connectivity index (χ0) is 41.1. The van der Waals surface area contributed by atoms with Crippen molar-refractivity contribution in [1.29, 1.82) is 0 Å². The van der Waals surface area contributed by atoms with Crippen LogP contribution in [-0.4, -0.2) is 20.7 Å². The first-order valence-corrected chi connectivity index (χ1v) is 25.2. The first kappa shape index (κ1) is 33.9. The number of rotatable bonds is 2. The van der Waals surface area contributed by atoms with Gasteiger partial charge in [-0.2, -0.15) is 0 Å². The molecule has 8 fully saturated rings. The maximum atomic E-state index is 15.7. The molecular formula is C59H50BN3O. The summed E-state index contributed by atoms with van der Waals surface area (Å²) in [6, 6.07) is 43.2. The Kier molecular flexibility index (Phi) is 5.79. The summed E-state index contributed by atoms with van der Waals surface area (Å²) in [4.78, 5) is 15.7. The molecule has 8 saturated carbocycles. The van der Waals surface area contributed by atoms with Crippen molar-refractivity contribution < 1.29 is 0 Å². The minimum absolute atomic E-state index is 0.139. The molecule has 21 rings (SSSR count). The van der Waals surface area contributed by atoms with Crippen LogP contribution in [0.5, 0.6) is 0 Å². The largest absolute Gasteiger partial charge is 0.357 e. The van der Waals surface area contributed by atoms with E-state index in [-0.39, 0.29) is 29.7 Å². The molecule has 310 valence electrons. The van der Waals surface area contributed by atoms with E-state index in [2.05, 4.69) is 123 Å². The maximum absolute atomic E-state index is 15.7. The Hall–Kier alpha value is -5.55. The molecule has 0 atom stereocenters. The van der Waals surface area contributed by atoms with Crippen molar-refractivity contribution in [3.63, 3.8) is 0 Å². The summed E-state index contributed by atoms with van der Waals surface area (Å²) in [5.74, 6) is 5.67. The van der Waals surface area contributed by atoms with Crippen molar-refractivity contribution in [2.45, 2.75) is 99.7 Å². The van der Waals surface area contributed by atoms with E-state index < -0.39 is 0 Å². The normalized spacial score (nSPS) is 33.0. The molecule has 13 aliphatic rings. The van der Waals surface area contributed by atoms with Crippen molar-refractivity contribution in [3.05, 3.63) is 164 Å². The standard InChI is InChI=1S/C59H50BN3O/c64-57-47-23-45-46(54-41-7-3-1-5-39(41)53(45)40-6-2-4-8-42(40)54)24-52(47)62-51-14-11-43-44-21-37(58-25-31-15-32(26-58)17-33(16-31)27-58)9-12-49(44)61-50-13-10-38(22-48(50)60(63(57)62)55(51)56(43)61)59-28-34-18-35(29-59)20-36(19-34)30-59/h1-14,21-24,31-36,53-54H,15-20,25-30H2. The van der Waals surface area contributed by atoms with Gasteiger partial charge in [0.2, 0.25) is 0 Å². The van der Waals surface area contributed by atoms with E-state index in [1.807, 2.05) is 0 Å². The summed E-state index contributed by atoms with van der Waals surface area (Å²) in [6.45, 7) is -0.176. The fraction of sp³-hybridized carbons (Fsp3) is 0.373. The van der Waals surface area contributed by atoms with Crippen LogP contribution in [-0.2, 0) is 10.8 Å². The van der Waals surface area contributed by atoms with Gasteiger partial charge in [-0.1, -0.05) is 72.8 Å². The number of fused-ring (bicyclic) bond motifs is 11. The van der Waals surface area contributed by atoms with E-state index >= 15 is 4.79 Å². The molecule has 11 aliphatic carbocycles. The van der Waals surface area contributed by atoms with Crippen molar-refractivity contribution in [2.75, 3.05) is 0 Å². The Bertz CT molecular complexity index is 3480. The van der Waals surface area contributed by atoms with Crippen molar-refractivity contribution in [2.24, 2.45) is 35.5 Å². The van der Waals surface area contributed by atoms with Crippen LogP contribution < -0.4 is 16.5 Å². The van der Waals surface area contributed by atoms with Crippen molar-refractivity contribution in [3.8, 4) is 11.4 Å². The molecule has 4 heterocycles. The van der Waals surface area contributed by atoms with E-state index in [1.54, 1.807) is 11.1 Å². The summed E-state index contributed by atoms with van der Waals surface area (Å²) in [5, 5.41) is 3.61. The molecule has 64 heavy (non-hydrogen) atoms. The van der Waals surface area contributed by atoms with Gasteiger partial charge >= 0.3 is 6.85 Å². The predicted molar refractivity (Wildman–Crippen MR) is 257 cm³/mol. The van der Waals surface area contributed by atoms with Crippen LogP contribution in [0.25, 0.3) is 44.1 Å². The Morgan fingerprint density at radius 2 is 0.984 bits per heavy atom.